The lowest BCUT2D eigenvalue weighted by Gasteiger charge is -2.35. The van der Waals surface area contributed by atoms with Crippen LogP contribution in [0.15, 0.2) is 127 Å². The molecule has 2 atom stereocenters. The third-order valence-electron chi connectivity index (χ3n) is 9.87. The Kier molecular flexibility index (Phi) is 20.6. The van der Waals surface area contributed by atoms with Crippen LogP contribution in [0.3, 0.4) is 0 Å². The van der Waals surface area contributed by atoms with Crippen LogP contribution in [0.1, 0.15) is 93.7 Å². The third-order valence-corrected chi connectivity index (χ3v) is 11.4. The van der Waals surface area contributed by atoms with Gasteiger partial charge in [-0.1, -0.05) is 135 Å². The number of methoxy groups -OCH3 is 1. The smallest absolute Gasteiger partial charge is 0.293 e. The molecule has 1 amide bonds. The molecule has 0 bridgehead atoms. The first-order valence-electron chi connectivity index (χ1n) is 20.7. The number of hydrogen-bond donors (Lipinski definition) is 2. The monoisotopic (exact) mass is 832 g/mol. The van der Waals surface area contributed by atoms with Crippen molar-refractivity contribution in [2.75, 3.05) is 33.1 Å². The number of carbonyl (C=O) groups excluding carboxylic acids is 3. The summed E-state index contributed by atoms with van der Waals surface area (Å²) >= 11 is 1.85. The van der Waals surface area contributed by atoms with Crippen LogP contribution in [-0.4, -0.2) is 63.6 Å². The molecule has 1 aliphatic carbocycles. The van der Waals surface area contributed by atoms with E-state index in [0.717, 1.165) is 17.9 Å². The molecule has 0 saturated heterocycles. The number of rotatable bonds is 16. The summed E-state index contributed by atoms with van der Waals surface area (Å²) in [6.45, 7) is 15.7. The molecule has 0 radical (unpaired) electrons. The maximum Gasteiger partial charge on any atom is 0.293 e. The zero-order valence-corrected chi connectivity index (χ0v) is 37.6. The minimum Gasteiger partial charge on any atom is -0.497 e. The lowest BCUT2D eigenvalue weighted by atomic mass is 9.83. The van der Waals surface area contributed by atoms with Crippen molar-refractivity contribution in [3.05, 3.63) is 161 Å². The molecule has 6 rings (SSSR count). The van der Waals surface area contributed by atoms with Gasteiger partial charge in [-0.05, 0) is 99.2 Å². The number of hydrogen-bond acceptors (Lipinski definition) is 8. The predicted octanol–water partition coefficient (Wildman–Crippen LogP) is 10.5. The summed E-state index contributed by atoms with van der Waals surface area (Å²) in [5.41, 5.74) is 9.52. The molecule has 2 unspecified atom stereocenters. The number of benzene rings is 5. The summed E-state index contributed by atoms with van der Waals surface area (Å²) in [6, 6.07) is 44.6. The van der Waals surface area contributed by atoms with Crippen molar-refractivity contribution in [2.24, 2.45) is 0 Å². The largest absolute Gasteiger partial charge is 0.497 e. The van der Waals surface area contributed by atoms with Gasteiger partial charge in [0.05, 0.1) is 11.9 Å². The van der Waals surface area contributed by atoms with E-state index in [4.69, 9.17) is 9.47 Å². The molecule has 0 spiro atoms. The van der Waals surface area contributed by atoms with Gasteiger partial charge in [0.15, 0.2) is 0 Å². The van der Waals surface area contributed by atoms with Crippen molar-refractivity contribution >= 4 is 30.6 Å². The number of thioether (sulfide) groups is 1. The lowest BCUT2D eigenvalue weighted by Crippen LogP contribution is -2.31. The maximum atomic E-state index is 12.3. The molecule has 0 saturated carbocycles. The zero-order valence-electron chi connectivity index (χ0n) is 36.8. The van der Waals surface area contributed by atoms with Gasteiger partial charge in [0.25, 0.3) is 12.9 Å². The lowest BCUT2D eigenvalue weighted by molar-refractivity contribution is -0.138. The fourth-order valence-corrected chi connectivity index (χ4v) is 8.15. The number of amides is 1. The van der Waals surface area contributed by atoms with Gasteiger partial charge in [0.1, 0.15) is 18.0 Å². The molecule has 8 nitrogen and oxygen atoms in total. The third kappa shape index (κ3) is 14.1. The van der Waals surface area contributed by atoms with E-state index in [-0.39, 0.29) is 17.4 Å². The van der Waals surface area contributed by atoms with Crippen LogP contribution in [-0.2, 0) is 28.6 Å². The molecule has 0 aromatic heterocycles. The Bertz CT molecular complexity index is 1970. The van der Waals surface area contributed by atoms with Crippen molar-refractivity contribution in [1.29, 1.82) is 0 Å². The van der Waals surface area contributed by atoms with Gasteiger partial charge in [-0.15, -0.1) is 11.8 Å². The van der Waals surface area contributed by atoms with E-state index in [1.165, 1.54) is 44.5 Å². The first-order chi connectivity index (χ1) is 29.0. The summed E-state index contributed by atoms with van der Waals surface area (Å²) in [4.78, 5) is 32.3. The van der Waals surface area contributed by atoms with E-state index in [1.54, 1.807) is 7.11 Å². The molecule has 60 heavy (non-hydrogen) atoms. The topological polar surface area (TPSA) is 103 Å². The van der Waals surface area contributed by atoms with Crippen LogP contribution in [0.4, 0.5) is 0 Å². The van der Waals surface area contributed by atoms with Crippen LogP contribution >= 0.6 is 11.8 Å². The second kappa shape index (κ2) is 25.3. The van der Waals surface area contributed by atoms with Crippen LogP contribution in [0, 0.1) is 6.92 Å². The normalized spacial score (nSPS) is 12.8. The molecule has 320 valence electrons. The average Bonchev–Trinajstić information content (AvgIpc) is 3.59. The van der Waals surface area contributed by atoms with E-state index < -0.39 is 4.75 Å². The van der Waals surface area contributed by atoms with E-state index in [2.05, 4.69) is 120 Å². The van der Waals surface area contributed by atoms with Crippen LogP contribution in [0.5, 0.6) is 5.75 Å². The van der Waals surface area contributed by atoms with Gasteiger partial charge in [-0.3, -0.25) is 14.4 Å². The first kappa shape index (κ1) is 49.0. The molecular formula is C51H64N2O6S. The summed E-state index contributed by atoms with van der Waals surface area (Å²) in [6.07, 6.45) is 1.37. The Morgan fingerprint density at radius 1 is 0.750 bits per heavy atom. The molecule has 2 N–H and O–H groups in total. The molecule has 0 fully saturated rings. The minimum absolute atomic E-state index is 0.104. The fourth-order valence-electron chi connectivity index (χ4n) is 6.73. The van der Waals surface area contributed by atoms with Crippen molar-refractivity contribution in [1.82, 2.24) is 10.6 Å². The summed E-state index contributed by atoms with van der Waals surface area (Å²) in [5.74, 6) is 1.89. The Morgan fingerprint density at radius 3 is 1.75 bits per heavy atom. The SMILES string of the molecule is CC.CC(C)(C)OC=O.CNC(C)CCC(=O)NCCSC(c1ccccc1)(c1ccc(C)cc1)c1ccc(OC)cc1.O=COCC1c2ccccc2-c2ccccc21. The van der Waals surface area contributed by atoms with Gasteiger partial charge in [-0.2, -0.15) is 0 Å². The van der Waals surface area contributed by atoms with Crippen LogP contribution < -0.4 is 15.4 Å². The molecule has 1 aliphatic rings. The highest BCUT2D eigenvalue weighted by molar-refractivity contribution is 8.00. The first-order valence-corrected chi connectivity index (χ1v) is 21.7. The molecule has 5 aromatic carbocycles. The van der Waals surface area contributed by atoms with Crippen molar-refractivity contribution < 1.29 is 28.6 Å². The number of carbonyl (C=O) groups is 3. The standard InChI is InChI=1S/C29H36N2O2S.C15H12O2.C5H10O2.C2H6/c1-22-10-13-25(14-11-22)29(24-8-6-5-7-9-24,26-15-17-27(33-4)18-16-26)34-21-20-31-28(32)19-12-23(2)30-3;16-10-17-9-15-13-7-3-1-5-11(13)12-6-2-4-8-14(12)15;1-5(2,3)7-4-6;1-2/h5-11,13-18,23,30H,12,19-21H2,1-4H3,(H,31,32);1-8,10,15H,9H2;4H,1-3H3;1-2H3. The highest BCUT2D eigenvalue weighted by atomic mass is 32.2. The van der Waals surface area contributed by atoms with Gasteiger partial charge >= 0.3 is 0 Å². The second-order valence-electron chi connectivity index (χ2n) is 15.1. The summed E-state index contributed by atoms with van der Waals surface area (Å²) in [7, 11) is 3.61. The van der Waals surface area contributed by atoms with Gasteiger partial charge in [0.2, 0.25) is 5.91 Å². The van der Waals surface area contributed by atoms with Crippen LogP contribution in [0.2, 0.25) is 0 Å². The van der Waals surface area contributed by atoms with Gasteiger partial charge in [0, 0.05) is 30.7 Å². The molecule has 9 heteroatoms. The predicted molar refractivity (Wildman–Crippen MR) is 248 cm³/mol. The van der Waals surface area contributed by atoms with E-state index >= 15 is 0 Å². The van der Waals surface area contributed by atoms with Gasteiger partial charge in [-0.25, -0.2) is 0 Å². The second-order valence-corrected chi connectivity index (χ2v) is 16.4. The van der Waals surface area contributed by atoms with E-state index in [9.17, 15) is 14.4 Å². The quantitative estimate of drug-likeness (QED) is 0.0576. The number of nitrogens with one attached hydrogen (secondary N) is 2. The van der Waals surface area contributed by atoms with E-state index in [1.807, 2.05) is 89.8 Å². The van der Waals surface area contributed by atoms with Crippen molar-refractivity contribution in [2.45, 2.75) is 83.6 Å². The number of fused-ring (bicyclic) bond motifs is 3. The Labute approximate surface area is 362 Å². The highest BCUT2D eigenvalue weighted by Crippen LogP contribution is 2.49. The Hall–Kier alpha value is -5.38. The number of aryl methyl sites for hydroxylation is 1. The number of ether oxygens (including phenoxy) is 3. The van der Waals surface area contributed by atoms with Crippen molar-refractivity contribution in [3.8, 4) is 16.9 Å². The Morgan fingerprint density at radius 2 is 1.27 bits per heavy atom. The summed E-state index contributed by atoms with van der Waals surface area (Å²) in [5, 5.41) is 6.29. The summed E-state index contributed by atoms with van der Waals surface area (Å²) < 4.78 is 14.5. The minimum atomic E-state index is -0.410. The molecule has 5 aromatic rings. The van der Waals surface area contributed by atoms with Gasteiger partial charge < -0.3 is 24.8 Å². The highest BCUT2D eigenvalue weighted by Gasteiger charge is 2.37. The molecule has 0 heterocycles. The van der Waals surface area contributed by atoms with Crippen LogP contribution in [0.25, 0.3) is 11.1 Å². The van der Waals surface area contributed by atoms with E-state index in [0.29, 0.717) is 38.6 Å². The molecular weight excluding hydrogens is 769 g/mol. The Balaban J connectivity index is 0.000000303. The zero-order chi connectivity index (χ0) is 44.0. The average molecular weight is 833 g/mol. The maximum absolute atomic E-state index is 12.3. The molecule has 0 aliphatic heterocycles. The van der Waals surface area contributed by atoms with Crippen molar-refractivity contribution in [3.63, 3.8) is 0 Å². The fraction of sp³-hybridized carbons (Fsp3) is 0.353.